The van der Waals surface area contributed by atoms with E-state index in [4.69, 9.17) is 20.4 Å². The van der Waals surface area contributed by atoms with Gasteiger partial charge in [0.2, 0.25) is 11.1 Å². The van der Waals surface area contributed by atoms with Gasteiger partial charge in [-0.2, -0.15) is 0 Å². The Labute approximate surface area is 113 Å². The average molecular weight is 283 g/mol. The van der Waals surface area contributed by atoms with Crippen LogP contribution < -0.4 is 10.6 Å². The molecule has 1 saturated heterocycles. The highest BCUT2D eigenvalue weighted by atomic mass is 35.5. The van der Waals surface area contributed by atoms with Crippen LogP contribution in [0, 0.1) is 0 Å². The van der Waals surface area contributed by atoms with E-state index in [1.54, 1.807) is 0 Å². The van der Waals surface area contributed by atoms with Crippen LogP contribution in [0.5, 0.6) is 0 Å². The molecule has 0 saturated carbocycles. The van der Waals surface area contributed by atoms with Crippen molar-refractivity contribution < 1.29 is 13.6 Å². The maximum Gasteiger partial charge on any atom is 0.322 e. The van der Waals surface area contributed by atoms with Crippen LogP contribution in [-0.4, -0.2) is 22.6 Å². The van der Waals surface area contributed by atoms with Gasteiger partial charge in [0.25, 0.3) is 5.91 Å². The van der Waals surface area contributed by atoms with Crippen molar-refractivity contribution in [2.75, 3.05) is 11.9 Å². The van der Waals surface area contributed by atoms with Crippen molar-refractivity contribution >= 4 is 23.5 Å². The molecule has 2 aromatic heterocycles. The number of anilines is 1. The SMILES string of the molecule is O=C(Nc1nnc(C2CCCN2)o1)c1ccoc1Cl. The normalized spacial score (nSPS) is 18.7. The molecule has 3 heterocycles. The van der Waals surface area contributed by atoms with Crippen molar-refractivity contribution in [1.82, 2.24) is 15.5 Å². The number of furan rings is 1. The molecule has 1 amide bonds. The lowest BCUT2D eigenvalue weighted by Crippen LogP contribution is -2.13. The van der Waals surface area contributed by atoms with Crippen molar-refractivity contribution in [2.45, 2.75) is 18.9 Å². The number of carbonyl (C=O) groups is 1. The summed E-state index contributed by atoms with van der Waals surface area (Å²) in [5.41, 5.74) is 0.223. The van der Waals surface area contributed by atoms with E-state index in [1.807, 2.05) is 0 Å². The van der Waals surface area contributed by atoms with E-state index < -0.39 is 5.91 Å². The molecular formula is C11H11ClN4O3. The first kappa shape index (κ1) is 12.2. The molecule has 1 unspecified atom stereocenters. The Morgan fingerprint density at radius 3 is 3.11 bits per heavy atom. The minimum absolute atomic E-state index is 0.0229. The van der Waals surface area contributed by atoms with Crippen molar-refractivity contribution in [1.29, 1.82) is 0 Å². The fourth-order valence-corrected chi connectivity index (χ4v) is 2.14. The zero-order valence-electron chi connectivity index (χ0n) is 9.85. The van der Waals surface area contributed by atoms with Gasteiger partial charge in [-0.1, -0.05) is 5.10 Å². The fourth-order valence-electron chi connectivity index (χ4n) is 1.94. The van der Waals surface area contributed by atoms with E-state index in [0.717, 1.165) is 19.4 Å². The summed E-state index contributed by atoms with van der Waals surface area (Å²) in [7, 11) is 0. The molecule has 1 atom stereocenters. The van der Waals surface area contributed by atoms with Crippen LogP contribution >= 0.6 is 11.6 Å². The molecule has 0 bridgehead atoms. The second-order valence-electron chi connectivity index (χ2n) is 4.16. The maximum atomic E-state index is 11.8. The molecule has 0 aromatic carbocycles. The number of nitrogens with one attached hydrogen (secondary N) is 2. The Morgan fingerprint density at radius 1 is 1.53 bits per heavy atom. The Balaban J connectivity index is 1.70. The van der Waals surface area contributed by atoms with Crippen LogP contribution in [0.3, 0.4) is 0 Å². The molecule has 1 aliphatic rings. The van der Waals surface area contributed by atoms with E-state index in [2.05, 4.69) is 20.8 Å². The summed E-state index contributed by atoms with van der Waals surface area (Å²) >= 11 is 5.71. The van der Waals surface area contributed by atoms with Gasteiger partial charge in [0.05, 0.1) is 17.9 Å². The average Bonchev–Trinajstić information content (AvgIpc) is 3.07. The van der Waals surface area contributed by atoms with Gasteiger partial charge in [0, 0.05) is 0 Å². The fraction of sp³-hybridized carbons (Fsp3) is 0.364. The first-order chi connectivity index (χ1) is 9.24. The summed E-state index contributed by atoms with van der Waals surface area (Å²) in [6, 6.07) is 1.58. The van der Waals surface area contributed by atoms with E-state index in [-0.39, 0.29) is 22.8 Å². The number of halogens is 1. The van der Waals surface area contributed by atoms with Crippen LogP contribution in [0.2, 0.25) is 5.22 Å². The summed E-state index contributed by atoms with van der Waals surface area (Å²) in [5, 5.41) is 13.4. The summed E-state index contributed by atoms with van der Waals surface area (Å²) in [6.07, 6.45) is 3.35. The quantitative estimate of drug-likeness (QED) is 0.894. The van der Waals surface area contributed by atoms with Gasteiger partial charge in [-0.05, 0) is 37.1 Å². The van der Waals surface area contributed by atoms with Gasteiger partial charge < -0.3 is 14.2 Å². The molecular weight excluding hydrogens is 272 g/mol. The monoisotopic (exact) mass is 282 g/mol. The Hall–Kier alpha value is -1.86. The molecule has 1 fully saturated rings. The molecule has 0 spiro atoms. The first-order valence-corrected chi connectivity index (χ1v) is 6.23. The minimum atomic E-state index is -0.451. The number of hydrogen-bond donors (Lipinski definition) is 2. The van der Waals surface area contributed by atoms with Gasteiger partial charge in [-0.3, -0.25) is 10.1 Å². The van der Waals surface area contributed by atoms with Crippen LogP contribution in [0.4, 0.5) is 6.01 Å². The van der Waals surface area contributed by atoms with Crippen LogP contribution in [0.1, 0.15) is 35.1 Å². The summed E-state index contributed by atoms with van der Waals surface area (Å²) < 4.78 is 10.2. The largest absolute Gasteiger partial charge is 0.452 e. The van der Waals surface area contributed by atoms with Crippen molar-refractivity contribution in [3.8, 4) is 0 Å². The zero-order chi connectivity index (χ0) is 13.2. The topological polar surface area (TPSA) is 93.2 Å². The first-order valence-electron chi connectivity index (χ1n) is 5.85. The zero-order valence-corrected chi connectivity index (χ0v) is 10.6. The Morgan fingerprint density at radius 2 is 2.42 bits per heavy atom. The highest BCUT2D eigenvalue weighted by Crippen LogP contribution is 2.23. The third-order valence-electron chi connectivity index (χ3n) is 2.88. The number of amides is 1. The molecule has 8 heteroatoms. The van der Waals surface area contributed by atoms with Crippen LogP contribution in [0.15, 0.2) is 21.2 Å². The lowest BCUT2D eigenvalue weighted by molar-refractivity contribution is 0.102. The molecule has 2 aromatic rings. The predicted octanol–water partition coefficient (Wildman–Crippen LogP) is 1.99. The molecule has 3 rings (SSSR count). The third kappa shape index (κ3) is 2.47. The lowest BCUT2D eigenvalue weighted by Gasteiger charge is -2.02. The molecule has 7 nitrogen and oxygen atoms in total. The van der Waals surface area contributed by atoms with Gasteiger partial charge in [-0.25, -0.2) is 0 Å². The second kappa shape index (κ2) is 5.02. The lowest BCUT2D eigenvalue weighted by atomic mass is 10.2. The molecule has 100 valence electrons. The molecule has 0 radical (unpaired) electrons. The van der Waals surface area contributed by atoms with E-state index in [1.165, 1.54) is 12.3 Å². The summed E-state index contributed by atoms with van der Waals surface area (Å²) in [5.74, 6) is 0.0272. The minimum Gasteiger partial charge on any atom is -0.452 e. The highest BCUT2D eigenvalue weighted by molar-refractivity contribution is 6.32. The highest BCUT2D eigenvalue weighted by Gasteiger charge is 2.23. The number of hydrogen-bond acceptors (Lipinski definition) is 6. The number of aromatic nitrogens is 2. The second-order valence-corrected chi connectivity index (χ2v) is 4.50. The van der Waals surface area contributed by atoms with Crippen LogP contribution in [0.25, 0.3) is 0 Å². The molecule has 2 N–H and O–H groups in total. The number of nitrogens with zero attached hydrogens (tertiary/aromatic N) is 2. The maximum absolute atomic E-state index is 11.8. The number of rotatable bonds is 3. The van der Waals surface area contributed by atoms with Crippen molar-refractivity contribution in [3.63, 3.8) is 0 Å². The van der Waals surface area contributed by atoms with E-state index in [9.17, 15) is 4.79 Å². The summed E-state index contributed by atoms with van der Waals surface area (Å²) in [4.78, 5) is 11.8. The number of carbonyl (C=O) groups excluding carboxylic acids is 1. The molecule has 19 heavy (non-hydrogen) atoms. The van der Waals surface area contributed by atoms with Gasteiger partial charge in [0.1, 0.15) is 0 Å². The van der Waals surface area contributed by atoms with Crippen molar-refractivity contribution in [2.24, 2.45) is 0 Å². The molecule has 1 aliphatic heterocycles. The van der Waals surface area contributed by atoms with E-state index >= 15 is 0 Å². The van der Waals surface area contributed by atoms with Crippen LogP contribution in [-0.2, 0) is 0 Å². The molecule has 0 aliphatic carbocycles. The Kier molecular flexibility index (Phi) is 3.22. The smallest absolute Gasteiger partial charge is 0.322 e. The third-order valence-corrected chi connectivity index (χ3v) is 3.17. The van der Waals surface area contributed by atoms with Gasteiger partial charge in [-0.15, -0.1) is 5.10 Å². The predicted molar refractivity (Wildman–Crippen MR) is 65.9 cm³/mol. The Bertz CT molecular complexity index is 588. The van der Waals surface area contributed by atoms with Crippen molar-refractivity contribution in [3.05, 3.63) is 29.0 Å². The van der Waals surface area contributed by atoms with E-state index in [0.29, 0.717) is 5.89 Å². The standard InChI is InChI=1S/C11H11ClN4O3/c12-8-6(3-5-18-8)9(17)14-11-16-15-10(19-11)7-2-1-4-13-7/h3,5,7,13H,1-2,4H2,(H,14,16,17). The van der Waals surface area contributed by atoms with Gasteiger partial charge >= 0.3 is 6.01 Å². The summed E-state index contributed by atoms with van der Waals surface area (Å²) in [6.45, 7) is 0.930. The van der Waals surface area contributed by atoms with Gasteiger partial charge in [0.15, 0.2) is 0 Å².